The van der Waals surface area contributed by atoms with Crippen molar-refractivity contribution in [2.24, 2.45) is 10.7 Å². The highest BCUT2D eigenvalue weighted by Gasteiger charge is 2.23. The zero-order chi connectivity index (χ0) is 18.5. The number of furan rings is 1. The molecule has 26 heavy (non-hydrogen) atoms. The number of guanidine groups is 1. The van der Waals surface area contributed by atoms with E-state index in [1.807, 2.05) is 18.2 Å². The fourth-order valence-electron chi connectivity index (χ4n) is 2.95. The van der Waals surface area contributed by atoms with Crippen molar-refractivity contribution in [2.75, 3.05) is 25.0 Å². The Balaban J connectivity index is 1.51. The van der Waals surface area contributed by atoms with E-state index in [9.17, 15) is 4.79 Å². The minimum atomic E-state index is -0.578. The molecule has 1 aliphatic heterocycles. The smallest absolute Gasteiger partial charge is 0.284 e. The molecule has 0 radical (unpaired) electrons. The maximum absolute atomic E-state index is 11.1. The summed E-state index contributed by atoms with van der Waals surface area (Å²) in [5.41, 5.74) is 6.31. The second kappa shape index (κ2) is 8.14. The van der Waals surface area contributed by atoms with Gasteiger partial charge in [-0.05, 0) is 36.8 Å². The van der Waals surface area contributed by atoms with Crippen molar-refractivity contribution in [3.8, 4) is 0 Å². The lowest BCUT2D eigenvalue weighted by atomic mass is 10.2. The van der Waals surface area contributed by atoms with Crippen molar-refractivity contribution in [3.05, 3.63) is 52.9 Å². The van der Waals surface area contributed by atoms with Crippen LogP contribution >= 0.6 is 11.6 Å². The zero-order valence-corrected chi connectivity index (χ0v) is 15.3. The number of carbonyl (C=O) groups excluding carboxylic acids is 1. The minimum Gasteiger partial charge on any atom is -0.454 e. The molecule has 1 atom stereocenters. The lowest BCUT2D eigenvalue weighted by Crippen LogP contribution is -2.44. The van der Waals surface area contributed by atoms with E-state index >= 15 is 0 Å². The Labute approximate surface area is 157 Å². The van der Waals surface area contributed by atoms with Gasteiger partial charge in [0.05, 0.1) is 6.54 Å². The summed E-state index contributed by atoms with van der Waals surface area (Å²) in [4.78, 5) is 17.6. The zero-order valence-electron chi connectivity index (χ0n) is 14.5. The van der Waals surface area contributed by atoms with E-state index < -0.39 is 5.91 Å². The molecule has 8 heteroatoms. The quantitative estimate of drug-likeness (QED) is 0.548. The maximum Gasteiger partial charge on any atom is 0.284 e. The summed E-state index contributed by atoms with van der Waals surface area (Å²) in [7, 11) is 1.72. The minimum absolute atomic E-state index is 0.151. The number of carbonyl (C=O) groups is 1. The molecule has 0 spiro atoms. The second-order valence-corrected chi connectivity index (χ2v) is 6.55. The van der Waals surface area contributed by atoms with Gasteiger partial charge in [0, 0.05) is 36.9 Å². The molecule has 0 bridgehead atoms. The highest BCUT2D eigenvalue weighted by molar-refractivity contribution is 6.30. The highest BCUT2D eigenvalue weighted by Crippen LogP contribution is 2.23. The Bertz CT molecular complexity index is 804. The van der Waals surface area contributed by atoms with Crippen molar-refractivity contribution in [2.45, 2.75) is 19.0 Å². The van der Waals surface area contributed by atoms with E-state index in [4.69, 9.17) is 21.8 Å². The average molecular weight is 376 g/mol. The van der Waals surface area contributed by atoms with Crippen LogP contribution in [0.15, 0.2) is 45.8 Å². The van der Waals surface area contributed by atoms with Crippen LogP contribution in [0, 0.1) is 0 Å². The summed E-state index contributed by atoms with van der Waals surface area (Å²) in [6.45, 7) is 2.24. The molecule has 1 unspecified atom stereocenters. The van der Waals surface area contributed by atoms with Crippen LogP contribution in [0.1, 0.15) is 22.7 Å². The first-order valence-electron chi connectivity index (χ1n) is 8.41. The monoisotopic (exact) mass is 375 g/mol. The van der Waals surface area contributed by atoms with Crippen LogP contribution in [-0.4, -0.2) is 38.0 Å². The van der Waals surface area contributed by atoms with Crippen LogP contribution in [0.5, 0.6) is 0 Å². The highest BCUT2D eigenvalue weighted by atomic mass is 35.5. The number of anilines is 1. The fourth-order valence-corrected chi connectivity index (χ4v) is 3.13. The molecule has 4 N–H and O–H groups in total. The first-order chi connectivity index (χ1) is 12.5. The number of primary amides is 1. The first-order valence-corrected chi connectivity index (χ1v) is 8.79. The van der Waals surface area contributed by atoms with E-state index in [-0.39, 0.29) is 11.8 Å². The number of hydrogen-bond donors (Lipinski definition) is 3. The molecule has 1 amide bonds. The number of hydrogen-bond acceptors (Lipinski definition) is 4. The van der Waals surface area contributed by atoms with Crippen LogP contribution in [0.3, 0.4) is 0 Å². The van der Waals surface area contributed by atoms with E-state index in [0.29, 0.717) is 18.3 Å². The Morgan fingerprint density at radius 2 is 2.27 bits per heavy atom. The van der Waals surface area contributed by atoms with Gasteiger partial charge in [-0.1, -0.05) is 17.7 Å². The molecule has 138 valence electrons. The van der Waals surface area contributed by atoms with Crippen LogP contribution < -0.4 is 21.3 Å². The normalized spacial score (nSPS) is 17.4. The standard InChI is InChI=1S/C18H22ClN5O2/c1-21-18(22-10-15-5-6-16(26-15)17(20)25)23-13-7-8-24(11-13)14-4-2-3-12(19)9-14/h2-6,9,13H,7-8,10-11H2,1H3,(H2,20,25)(H2,21,22,23). The third-order valence-corrected chi connectivity index (χ3v) is 4.50. The van der Waals surface area contributed by atoms with Crippen molar-refractivity contribution >= 4 is 29.2 Å². The number of aliphatic imine (C=N–C) groups is 1. The van der Waals surface area contributed by atoms with Gasteiger partial charge in [-0.3, -0.25) is 9.79 Å². The molecular weight excluding hydrogens is 354 g/mol. The predicted octanol–water partition coefficient (Wildman–Crippen LogP) is 1.98. The summed E-state index contributed by atoms with van der Waals surface area (Å²) >= 11 is 6.08. The van der Waals surface area contributed by atoms with Gasteiger partial charge in [0.2, 0.25) is 0 Å². The third kappa shape index (κ3) is 4.49. The maximum atomic E-state index is 11.1. The van der Waals surface area contributed by atoms with Crippen molar-refractivity contribution in [1.29, 1.82) is 0 Å². The Hall–Kier alpha value is -2.67. The Morgan fingerprint density at radius 1 is 1.42 bits per heavy atom. The molecular formula is C18H22ClN5O2. The molecule has 0 saturated carbocycles. The average Bonchev–Trinajstić information content (AvgIpc) is 3.28. The van der Waals surface area contributed by atoms with Gasteiger partial charge in [0.15, 0.2) is 11.7 Å². The topological polar surface area (TPSA) is 95.9 Å². The lowest BCUT2D eigenvalue weighted by Gasteiger charge is -2.20. The van der Waals surface area contributed by atoms with E-state index in [1.54, 1.807) is 19.2 Å². The predicted molar refractivity (Wildman–Crippen MR) is 103 cm³/mol. The molecule has 2 aromatic rings. The van der Waals surface area contributed by atoms with E-state index in [0.717, 1.165) is 30.2 Å². The first kappa shape index (κ1) is 18.1. The van der Waals surface area contributed by atoms with Gasteiger partial charge in [-0.15, -0.1) is 0 Å². The number of amides is 1. The molecule has 7 nitrogen and oxygen atoms in total. The number of rotatable bonds is 5. The number of nitrogens with one attached hydrogen (secondary N) is 2. The molecule has 3 rings (SSSR count). The molecule has 2 heterocycles. The van der Waals surface area contributed by atoms with Crippen LogP contribution in [0.25, 0.3) is 0 Å². The molecule has 1 aliphatic rings. The van der Waals surface area contributed by atoms with Gasteiger partial charge in [0.1, 0.15) is 5.76 Å². The van der Waals surface area contributed by atoms with Gasteiger partial charge < -0.3 is 25.7 Å². The Morgan fingerprint density at radius 3 is 2.96 bits per heavy atom. The summed E-state index contributed by atoms with van der Waals surface area (Å²) in [5, 5.41) is 7.33. The van der Waals surface area contributed by atoms with Crippen molar-refractivity contribution in [1.82, 2.24) is 10.6 Å². The van der Waals surface area contributed by atoms with Gasteiger partial charge in [-0.25, -0.2) is 0 Å². The van der Waals surface area contributed by atoms with Crippen molar-refractivity contribution in [3.63, 3.8) is 0 Å². The number of nitrogens with zero attached hydrogens (tertiary/aromatic N) is 2. The summed E-state index contributed by atoms with van der Waals surface area (Å²) < 4.78 is 5.36. The summed E-state index contributed by atoms with van der Waals surface area (Å²) in [6.07, 6.45) is 1.000. The van der Waals surface area contributed by atoms with Gasteiger partial charge in [-0.2, -0.15) is 0 Å². The van der Waals surface area contributed by atoms with Crippen LogP contribution in [0.2, 0.25) is 5.02 Å². The van der Waals surface area contributed by atoms with Gasteiger partial charge in [0.25, 0.3) is 5.91 Å². The lowest BCUT2D eigenvalue weighted by molar-refractivity contribution is 0.0972. The fraction of sp³-hybridized carbons (Fsp3) is 0.333. The number of benzene rings is 1. The Kier molecular flexibility index (Phi) is 5.68. The molecule has 1 aromatic carbocycles. The van der Waals surface area contributed by atoms with E-state index in [2.05, 4.69) is 26.6 Å². The second-order valence-electron chi connectivity index (χ2n) is 6.11. The SMILES string of the molecule is CN=C(NCc1ccc(C(N)=O)o1)NC1CCN(c2cccc(Cl)c2)C1. The van der Waals surface area contributed by atoms with Crippen molar-refractivity contribution < 1.29 is 9.21 Å². The van der Waals surface area contributed by atoms with Crippen LogP contribution in [0.4, 0.5) is 5.69 Å². The third-order valence-electron chi connectivity index (χ3n) is 4.26. The van der Waals surface area contributed by atoms with Crippen LogP contribution in [-0.2, 0) is 6.54 Å². The number of halogens is 1. The number of nitrogens with two attached hydrogens (primary N) is 1. The molecule has 1 aromatic heterocycles. The largest absolute Gasteiger partial charge is 0.454 e. The van der Waals surface area contributed by atoms with Gasteiger partial charge >= 0.3 is 0 Å². The van der Waals surface area contributed by atoms with E-state index in [1.165, 1.54) is 0 Å². The molecule has 1 saturated heterocycles. The molecule has 1 fully saturated rings. The summed E-state index contributed by atoms with van der Waals surface area (Å²) in [6, 6.07) is 11.4. The summed E-state index contributed by atoms with van der Waals surface area (Å²) in [5.74, 6) is 0.872. The molecule has 0 aliphatic carbocycles.